The van der Waals surface area contributed by atoms with Crippen molar-refractivity contribution in [3.8, 4) is 0 Å². The molecular formula is C9H16N2O4. The van der Waals surface area contributed by atoms with E-state index in [9.17, 15) is 9.59 Å². The molecule has 1 N–H and O–H groups in total. The van der Waals surface area contributed by atoms with Crippen molar-refractivity contribution in [2.45, 2.75) is 6.10 Å². The van der Waals surface area contributed by atoms with Crippen LogP contribution in [0.25, 0.3) is 0 Å². The molecule has 0 aromatic rings. The standard InChI is InChI=1S/C9H16N2O4/c1-14-6-7(15-2)3-11-4-8(12)10-9(13)5-11/h7H,3-6H2,1-2H3,(H,10,12,13). The molecule has 0 radical (unpaired) electrons. The molecule has 1 heterocycles. The molecule has 0 saturated carbocycles. The first-order valence-corrected chi connectivity index (χ1v) is 4.72. The number of ether oxygens (including phenoxy) is 2. The average molecular weight is 216 g/mol. The first kappa shape index (κ1) is 12.1. The van der Waals surface area contributed by atoms with Crippen LogP contribution in [0.5, 0.6) is 0 Å². The summed E-state index contributed by atoms with van der Waals surface area (Å²) in [5, 5.41) is 2.24. The minimum absolute atomic E-state index is 0.117. The third-order valence-electron chi connectivity index (χ3n) is 2.16. The summed E-state index contributed by atoms with van der Waals surface area (Å²) in [6, 6.07) is 0. The summed E-state index contributed by atoms with van der Waals surface area (Å²) >= 11 is 0. The van der Waals surface area contributed by atoms with E-state index in [-0.39, 0.29) is 31.0 Å². The van der Waals surface area contributed by atoms with Crippen LogP contribution in [0, 0.1) is 0 Å². The Balaban J connectivity index is 2.42. The molecular weight excluding hydrogens is 200 g/mol. The Morgan fingerprint density at radius 3 is 2.40 bits per heavy atom. The van der Waals surface area contributed by atoms with Gasteiger partial charge in [-0.15, -0.1) is 0 Å². The lowest BCUT2D eigenvalue weighted by Crippen LogP contribution is -2.53. The molecule has 1 atom stereocenters. The summed E-state index contributed by atoms with van der Waals surface area (Å²) in [5.41, 5.74) is 0. The van der Waals surface area contributed by atoms with Gasteiger partial charge in [0.05, 0.1) is 25.8 Å². The van der Waals surface area contributed by atoms with Crippen LogP contribution in [-0.4, -0.2) is 63.3 Å². The molecule has 1 aliphatic rings. The van der Waals surface area contributed by atoms with Crippen molar-refractivity contribution in [2.75, 3.05) is 40.5 Å². The van der Waals surface area contributed by atoms with Crippen LogP contribution in [0.1, 0.15) is 0 Å². The fraction of sp³-hybridized carbons (Fsp3) is 0.778. The molecule has 6 heteroatoms. The highest BCUT2D eigenvalue weighted by molar-refractivity contribution is 5.99. The van der Waals surface area contributed by atoms with Gasteiger partial charge >= 0.3 is 0 Å². The summed E-state index contributed by atoms with van der Waals surface area (Å²) in [5.74, 6) is -0.531. The van der Waals surface area contributed by atoms with Crippen LogP contribution < -0.4 is 5.32 Å². The molecule has 0 aromatic carbocycles. The van der Waals surface area contributed by atoms with Crippen LogP contribution in [-0.2, 0) is 19.1 Å². The number of carbonyl (C=O) groups is 2. The van der Waals surface area contributed by atoms with Crippen LogP contribution >= 0.6 is 0 Å². The first-order chi connectivity index (χ1) is 7.15. The lowest BCUT2D eigenvalue weighted by Gasteiger charge is -2.28. The van der Waals surface area contributed by atoms with Crippen LogP contribution in [0.2, 0.25) is 0 Å². The van der Waals surface area contributed by atoms with E-state index in [1.807, 2.05) is 0 Å². The van der Waals surface area contributed by atoms with Crippen molar-refractivity contribution in [3.63, 3.8) is 0 Å². The minimum atomic E-state index is -0.265. The second-order valence-corrected chi connectivity index (χ2v) is 3.45. The molecule has 0 aliphatic carbocycles. The van der Waals surface area contributed by atoms with E-state index in [1.165, 1.54) is 0 Å². The van der Waals surface area contributed by atoms with Gasteiger partial charge in [-0.05, 0) is 0 Å². The second kappa shape index (κ2) is 5.79. The molecule has 6 nitrogen and oxygen atoms in total. The zero-order valence-electron chi connectivity index (χ0n) is 8.99. The number of imide groups is 1. The Bertz CT molecular complexity index is 228. The number of nitrogens with one attached hydrogen (secondary N) is 1. The van der Waals surface area contributed by atoms with E-state index in [0.717, 1.165) is 0 Å². The molecule has 1 fully saturated rings. The average Bonchev–Trinajstić information content (AvgIpc) is 2.15. The van der Waals surface area contributed by atoms with E-state index < -0.39 is 0 Å². The number of hydrogen-bond acceptors (Lipinski definition) is 5. The number of carbonyl (C=O) groups excluding carboxylic acids is 2. The van der Waals surface area contributed by atoms with Crippen LogP contribution in [0.15, 0.2) is 0 Å². The lowest BCUT2D eigenvalue weighted by molar-refractivity contribution is -0.136. The van der Waals surface area contributed by atoms with Gasteiger partial charge in [-0.2, -0.15) is 0 Å². The fourth-order valence-corrected chi connectivity index (χ4v) is 1.49. The van der Waals surface area contributed by atoms with Gasteiger partial charge in [-0.25, -0.2) is 0 Å². The van der Waals surface area contributed by atoms with E-state index >= 15 is 0 Å². The summed E-state index contributed by atoms with van der Waals surface area (Å²) in [7, 11) is 3.16. The molecule has 1 saturated heterocycles. The topological polar surface area (TPSA) is 67.9 Å². The third-order valence-corrected chi connectivity index (χ3v) is 2.16. The van der Waals surface area contributed by atoms with Crippen molar-refractivity contribution in [1.29, 1.82) is 0 Å². The molecule has 1 aliphatic heterocycles. The molecule has 0 aromatic heterocycles. The highest BCUT2D eigenvalue weighted by atomic mass is 16.5. The third kappa shape index (κ3) is 3.94. The van der Waals surface area contributed by atoms with Gasteiger partial charge in [-0.3, -0.25) is 19.8 Å². The lowest BCUT2D eigenvalue weighted by atomic mass is 10.3. The smallest absolute Gasteiger partial charge is 0.240 e. The Hall–Kier alpha value is -0.980. The number of amides is 2. The number of methoxy groups -OCH3 is 2. The van der Waals surface area contributed by atoms with Gasteiger partial charge in [0, 0.05) is 20.8 Å². The highest BCUT2D eigenvalue weighted by Crippen LogP contribution is 2.00. The van der Waals surface area contributed by atoms with Gasteiger partial charge in [0.2, 0.25) is 11.8 Å². The minimum Gasteiger partial charge on any atom is -0.382 e. The van der Waals surface area contributed by atoms with E-state index in [0.29, 0.717) is 13.2 Å². The van der Waals surface area contributed by atoms with E-state index in [2.05, 4.69) is 5.32 Å². The number of nitrogens with zero attached hydrogens (tertiary/aromatic N) is 1. The van der Waals surface area contributed by atoms with Crippen LogP contribution in [0.4, 0.5) is 0 Å². The zero-order chi connectivity index (χ0) is 11.3. The second-order valence-electron chi connectivity index (χ2n) is 3.45. The first-order valence-electron chi connectivity index (χ1n) is 4.72. The monoisotopic (exact) mass is 216 g/mol. The summed E-state index contributed by atoms with van der Waals surface area (Å²) in [4.78, 5) is 23.9. The predicted molar refractivity (Wildman–Crippen MR) is 52.3 cm³/mol. The largest absolute Gasteiger partial charge is 0.382 e. The molecule has 0 bridgehead atoms. The molecule has 15 heavy (non-hydrogen) atoms. The van der Waals surface area contributed by atoms with Gasteiger partial charge in [0.25, 0.3) is 0 Å². The Kier molecular flexibility index (Phi) is 4.67. The molecule has 0 spiro atoms. The highest BCUT2D eigenvalue weighted by Gasteiger charge is 2.24. The maximum absolute atomic E-state index is 11.1. The summed E-state index contributed by atoms with van der Waals surface area (Å²) in [6.07, 6.45) is -0.117. The molecule has 86 valence electrons. The fourth-order valence-electron chi connectivity index (χ4n) is 1.49. The van der Waals surface area contributed by atoms with E-state index in [4.69, 9.17) is 9.47 Å². The van der Waals surface area contributed by atoms with Crippen molar-refractivity contribution < 1.29 is 19.1 Å². The number of rotatable bonds is 5. The molecule has 2 amide bonds. The maximum Gasteiger partial charge on any atom is 0.240 e. The van der Waals surface area contributed by atoms with Crippen molar-refractivity contribution >= 4 is 11.8 Å². The molecule has 1 unspecified atom stereocenters. The van der Waals surface area contributed by atoms with Gasteiger partial charge in [0.1, 0.15) is 0 Å². The quantitative estimate of drug-likeness (QED) is 0.573. The SMILES string of the molecule is COCC(CN1CC(=O)NC(=O)C1)OC. The van der Waals surface area contributed by atoms with Crippen molar-refractivity contribution in [3.05, 3.63) is 0 Å². The zero-order valence-corrected chi connectivity index (χ0v) is 8.99. The Morgan fingerprint density at radius 1 is 1.33 bits per heavy atom. The van der Waals surface area contributed by atoms with Crippen LogP contribution in [0.3, 0.4) is 0 Å². The van der Waals surface area contributed by atoms with Gasteiger partial charge in [-0.1, -0.05) is 0 Å². The van der Waals surface area contributed by atoms with Crippen molar-refractivity contribution in [1.82, 2.24) is 10.2 Å². The summed E-state index contributed by atoms with van der Waals surface area (Å²) in [6.45, 7) is 1.43. The number of hydrogen-bond donors (Lipinski definition) is 1. The maximum atomic E-state index is 11.1. The van der Waals surface area contributed by atoms with Gasteiger partial charge < -0.3 is 9.47 Å². The molecule has 1 rings (SSSR count). The van der Waals surface area contributed by atoms with E-state index in [1.54, 1.807) is 19.1 Å². The number of piperazine rings is 1. The predicted octanol–water partition coefficient (Wildman–Crippen LogP) is -1.39. The summed E-state index contributed by atoms with van der Waals surface area (Å²) < 4.78 is 10.1. The normalized spacial score (nSPS) is 20.1. The van der Waals surface area contributed by atoms with Gasteiger partial charge in [0.15, 0.2) is 0 Å². The van der Waals surface area contributed by atoms with Crippen molar-refractivity contribution in [2.24, 2.45) is 0 Å². The Morgan fingerprint density at radius 2 is 1.93 bits per heavy atom. The Labute approximate surface area is 88.5 Å².